The summed E-state index contributed by atoms with van der Waals surface area (Å²) >= 11 is 0. The Balaban J connectivity index is 1.61. The van der Waals surface area contributed by atoms with E-state index < -0.39 is 53.1 Å². The summed E-state index contributed by atoms with van der Waals surface area (Å²) in [5.41, 5.74) is 2.08. The number of aromatic nitrogens is 1. The molecule has 1 fully saturated rings. The summed E-state index contributed by atoms with van der Waals surface area (Å²) in [7, 11) is 1.36. The van der Waals surface area contributed by atoms with Gasteiger partial charge in [-0.15, -0.1) is 0 Å². The zero-order chi connectivity index (χ0) is 39.8. The summed E-state index contributed by atoms with van der Waals surface area (Å²) in [5, 5.41) is 28.0. The van der Waals surface area contributed by atoms with Crippen molar-refractivity contribution in [1.82, 2.24) is 30.3 Å². The number of rotatable bonds is 15. The van der Waals surface area contributed by atoms with Crippen molar-refractivity contribution in [1.29, 1.82) is 0 Å². The molecule has 292 valence electrons. The zero-order valence-electron chi connectivity index (χ0n) is 33.0. The van der Waals surface area contributed by atoms with Crippen LogP contribution in [0.1, 0.15) is 70.5 Å². The fraction of sp³-hybridized carbons (Fsp3) is 0.500. The van der Waals surface area contributed by atoms with Crippen molar-refractivity contribution < 1.29 is 29.4 Å². The summed E-state index contributed by atoms with van der Waals surface area (Å²) in [6.45, 7) is 14.2. The number of nitrogens with zero attached hydrogens (tertiary/aromatic N) is 4. The molecule has 2 aromatic carbocycles. The molecule has 4 N–H and O–H groups in total. The average Bonchev–Trinajstić information content (AvgIpc) is 3.42. The van der Waals surface area contributed by atoms with Crippen LogP contribution in [0.3, 0.4) is 0 Å². The summed E-state index contributed by atoms with van der Waals surface area (Å²) in [4.78, 5) is 63.1. The number of carbonyl (C=O) groups excluding carboxylic acids is 3. The number of benzene rings is 2. The minimum absolute atomic E-state index is 0.0727. The Morgan fingerprint density at radius 3 is 1.94 bits per heavy atom. The van der Waals surface area contributed by atoms with Gasteiger partial charge in [0.2, 0.25) is 11.8 Å². The highest BCUT2D eigenvalue weighted by molar-refractivity contribution is 5.89. The van der Waals surface area contributed by atoms with Gasteiger partial charge in [-0.25, -0.2) is 9.59 Å². The highest BCUT2D eigenvalue weighted by Crippen LogP contribution is 2.29. The molecule has 12 heteroatoms. The predicted molar refractivity (Wildman–Crippen MR) is 209 cm³/mol. The second kappa shape index (κ2) is 17.9. The molecule has 0 bridgehead atoms. The number of carbonyl (C=O) groups is 4. The van der Waals surface area contributed by atoms with Crippen molar-refractivity contribution in [3.63, 3.8) is 0 Å². The molecule has 1 aromatic heterocycles. The third kappa shape index (κ3) is 11.3. The number of hydrogen-bond donors (Lipinski definition) is 4. The first kappa shape index (κ1) is 41.8. The Labute approximate surface area is 319 Å². The van der Waals surface area contributed by atoms with E-state index in [9.17, 15) is 29.4 Å². The fourth-order valence-corrected chi connectivity index (χ4v) is 7.37. The van der Waals surface area contributed by atoms with Gasteiger partial charge in [0.15, 0.2) is 0 Å². The largest absolute Gasteiger partial charge is 0.465 e. The molecule has 1 saturated heterocycles. The van der Waals surface area contributed by atoms with Crippen molar-refractivity contribution in [2.24, 2.45) is 10.8 Å². The maximum absolute atomic E-state index is 14.4. The van der Waals surface area contributed by atoms with Gasteiger partial charge in [0, 0.05) is 31.9 Å². The SMILES string of the molecule is Cc1cccc(CN2CCN([C@H](C(=O)N[C@@H](Cc3ccccc3)C[C@@H](O)[C@H](Cc3ccccc3)NC(=O)[C@@H](N(C)C(=O)O)C(C)(C)C)C(C)(C)C)C2=O)n1. The van der Waals surface area contributed by atoms with E-state index in [2.05, 4.69) is 15.6 Å². The molecular weight excluding hydrogens is 684 g/mol. The number of nitrogens with one attached hydrogen (secondary N) is 2. The Morgan fingerprint density at radius 1 is 0.815 bits per heavy atom. The van der Waals surface area contributed by atoms with Crippen LogP contribution in [-0.4, -0.2) is 104 Å². The maximum Gasteiger partial charge on any atom is 0.407 e. The number of hydrogen-bond acceptors (Lipinski definition) is 6. The summed E-state index contributed by atoms with van der Waals surface area (Å²) in [5.74, 6) is -0.860. The standard InChI is InChI=1S/C42H58N6O6/c1-28-16-15-21-31(43-28)27-47-22-23-48(39(47)52)36(42(5,6)7)38(51)44-32(24-29-17-11-9-12-18-29)26-34(49)33(25-30-19-13-10-14-20-30)45-37(50)35(41(2,3)4)46(8)40(53)54/h9-21,32-36,49H,22-27H2,1-8H3,(H,44,51)(H,45,50)(H,53,54)/t32-,33-,34+,35+,36+/m0/s1. The highest BCUT2D eigenvalue weighted by atomic mass is 16.4. The number of aliphatic hydroxyl groups is 1. The van der Waals surface area contributed by atoms with Gasteiger partial charge in [0.25, 0.3) is 0 Å². The molecule has 1 aliphatic rings. The number of carboxylic acid groups (broad SMARTS) is 1. The Bertz CT molecular complexity index is 1720. The van der Waals surface area contributed by atoms with Gasteiger partial charge in [-0.05, 0) is 60.3 Å². The maximum atomic E-state index is 14.4. The Kier molecular flexibility index (Phi) is 13.9. The molecule has 2 heterocycles. The van der Waals surface area contributed by atoms with Gasteiger partial charge in [0.05, 0.1) is 24.4 Å². The van der Waals surface area contributed by atoms with Crippen molar-refractivity contribution in [2.75, 3.05) is 20.1 Å². The first-order chi connectivity index (χ1) is 25.3. The molecule has 0 aliphatic carbocycles. The monoisotopic (exact) mass is 742 g/mol. The quantitative estimate of drug-likeness (QED) is 0.165. The van der Waals surface area contributed by atoms with E-state index in [0.717, 1.165) is 27.4 Å². The van der Waals surface area contributed by atoms with Crippen molar-refractivity contribution in [3.8, 4) is 0 Å². The average molecular weight is 743 g/mol. The smallest absolute Gasteiger partial charge is 0.407 e. The van der Waals surface area contributed by atoms with Gasteiger partial charge < -0.3 is 30.6 Å². The van der Waals surface area contributed by atoms with Crippen LogP contribution in [0.2, 0.25) is 0 Å². The molecule has 0 saturated carbocycles. The van der Waals surface area contributed by atoms with Gasteiger partial charge >= 0.3 is 12.1 Å². The van der Waals surface area contributed by atoms with Crippen LogP contribution in [0.4, 0.5) is 9.59 Å². The second-order valence-electron chi connectivity index (χ2n) is 16.6. The summed E-state index contributed by atoms with van der Waals surface area (Å²) < 4.78 is 0. The van der Waals surface area contributed by atoms with E-state index in [1.807, 2.05) is 107 Å². The summed E-state index contributed by atoms with van der Waals surface area (Å²) in [6.07, 6.45) is -1.65. The molecule has 0 unspecified atom stereocenters. The van der Waals surface area contributed by atoms with Crippen LogP contribution < -0.4 is 10.6 Å². The van der Waals surface area contributed by atoms with Gasteiger partial charge in [-0.2, -0.15) is 0 Å². The van der Waals surface area contributed by atoms with E-state index in [0.29, 0.717) is 26.1 Å². The van der Waals surface area contributed by atoms with Crippen LogP contribution in [0.5, 0.6) is 0 Å². The number of urea groups is 1. The van der Waals surface area contributed by atoms with Crippen molar-refractivity contribution >= 4 is 23.9 Å². The van der Waals surface area contributed by atoms with Crippen molar-refractivity contribution in [2.45, 2.75) is 105 Å². The number of amides is 5. The number of aryl methyl sites for hydroxylation is 1. The molecule has 12 nitrogen and oxygen atoms in total. The van der Waals surface area contributed by atoms with Crippen molar-refractivity contribution in [3.05, 3.63) is 101 Å². The number of aliphatic hydroxyl groups excluding tert-OH is 1. The molecule has 0 radical (unpaired) electrons. The molecule has 1 aliphatic heterocycles. The van der Waals surface area contributed by atoms with E-state index in [1.54, 1.807) is 30.6 Å². The van der Waals surface area contributed by atoms with Crippen LogP contribution in [0.15, 0.2) is 78.9 Å². The number of likely N-dealkylation sites (N-methyl/N-ethyl adjacent to an activating group) is 1. The van der Waals surface area contributed by atoms with Crippen LogP contribution in [0, 0.1) is 17.8 Å². The fourth-order valence-electron chi connectivity index (χ4n) is 7.37. The topological polar surface area (TPSA) is 155 Å². The molecule has 5 amide bonds. The molecular formula is C42H58N6O6. The molecule has 54 heavy (non-hydrogen) atoms. The zero-order valence-corrected chi connectivity index (χ0v) is 33.0. The number of pyridine rings is 1. The minimum Gasteiger partial charge on any atom is -0.465 e. The third-order valence-electron chi connectivity index (χ3n) is 9.85. The van der Waals surface area contributed by atoms with E-state index in [4.69, 9.17) is 0 Å². The lowest BCUT2D eigenvalue weighted by Gasteiger charge is -2.38. The van der Waals surface area contributed by atoms with E-state index in [1.165, 1.54) is 7.05 Å². The summed E-state index contributed by atoms with van der Waals surface area (Å²) in [6, 6.07) is 21.3. The normalized spacial score (nSPS) is 16.3. The van der Waals surface area contributed by atoms with Crippen LogP contribution in [-0.2, 0) is 29.0 Å². The minimum atomic E-state index is -1.24. The van der Waals surface area contributed by atoms with Crippen LogP contribution >= 0.6 is 0 Å². The predicted octanol–water partition coefficient (Wildman–Crippen LogP) is 5.27. The highest BCUT2D eigenvalue weighted by Gasteiger charge is 2.44. The van der Waals surface area contributed by atoms with Crippen LogP contribution in [0.25, 0.3) is 0 Å². The Morgan fingerprint density at radius 2 is 1.41 bits per heavy atom. The lowest BCUT2D eigenvalue weighted by atomic mass is 9.84. The lowest BCUT2D eigenvalue weighted by molar-refractivity contribution is -0.131. The lowest BCUT2D eigenvalue weighted by Crippen LogP contribution is -2.59. The molecule has 3 aromatic rings. The first-order valence-corrected chi connectivity index (χ1v) is 18.7. The van der Waals surface area contributed by atoms with Gasteiger partial charge in [0.1, 0.15) is 12.1 Å². The second-order valence-corrected chi connectivity index (χ2v) is 16.6. The first-order valence-electron chi connectivity index (χ1n) is 18.7. The molecule has 5 atom stereocenters. The third-order valence-corrected chi connectivity index (χ3v) is 9.85. The van der Waals surface area contributed by atoms with Gasteiger partial charge in [-0.1, -0.05) is 108 Å². The molecule has 4 rings (SSSR count). The Hall–Kier alpha value is -4.97. The molecule has 0 spiro atoms. The van der Waals surface area contributed by atoms with Gasteiger partial charge in [-0.3, -0.25) is 19.5 Å². The van der Waals surface area contributed by atoms with E-state index in [-0.39, 0.29) is 24.8 Å². The van der Waals surface area contributed by atoms with E-state index >= 15 is 0 Å².